The van der Waals surface area contributed by atoms with Gasteiger partial charge in [-0.15, -0.1) is 0 Å². The molecule has 1 rings (SSSR count). The maximum absolute atomic E-state index is 11.8. The largest absolute Gasteiger partial charge is 0.494 e. The maximum atomic E-state index is 11.8. The van der Waals surface area contributed by atoms with E-state index in [0.717, 1.165) is 30.3 Å². The molecule has 0 amide bonds. The molecule has 0 spiro atoms. The first-order chi connectivity index (χ1) is 8.63. The SMILES string of the molecule is CCCCCOc1ccc(C(=O)C[C](C)C)cc1. The number of ketones is 1. The molecule has 0 unspecified atom stereocenters. The van der Waals surface area contributed by atoms with Crippen LogP contribution in [0.2, 0.25) is 0 Å². The summed E-state index contributed by atoms with van der Waals surface area (Å²) in [6.45, 7) is 6.88. The normalized spacial score (nSPS) is 10.7. The molecule has 1 radical (unpaired) electrons. The monoisotopic (exact) mass is 247 g/mol. The number of benzene rings is 1. The Hall–Kier alpha value is -1.31. The molecule has 2 nitrogen and oxygen atoms in total. The Morgan fingerprint density at radius 1 is 1.11 bits per heavy atom. The highest BCUT2D eigenvalue weighted by molar-refractivity contribution is 5.97. The van der Waals surface area contributed by atoms with Gasteiger partial charge in [-0.05, 0) is 36.6 Å². The van der Waals surface area contributed by atoms with Gasteiger partial charge in [0.05, 0.1) is 6.61 Å². The summed E-state index contributed by atoms with van der Waals surface area (Å²) in [5.41, 5.74) is 0.761. The number of hydrogen-bond donors (Lipinski definition) is 0. The number of hydrogen-bond acceptors (Lipinski definition) is 2. The van der Waals surface area contributed by atoms with Crippen LogP contribution in [0.1, 0.15) is 56.8 Å². The quantitative estimate of drug-likeness (QED) is 0.501. The fraction of sp³-hybridized carbons (Fsp3) is 0.500. The summed E-state index contributed by atoms with van der Waals surface area (Å²) in [6.07, 6.45) is 4.00. The zero-order chi connectivity index (χ0) is 13.4. The number of rotatable bonds is 8. The molecule has 0 saturated heterocycles. The minimum absolute atomic E-state index is 0.174. The molecule has 1 aromatic carbocycles. The van der Waals surface area contributed by atoms with Crippen molar-refractivity contribution in [2.75, 3.05) is 6.61 Å². The van der Waals surface area contributed by atoms with Crippen LogP contribution in [-0.4, -0.2) is 12.4 Å². The fourth-order valence-electron chi connectivity index (χ4n) is 1.70. The molecular weight excluding hydrogens is 224 g/mol. The van der Waals surface area contributed by atoms with Crippen molar-refractivity contribution in [3.8, 4) is 5.75 Å². The highest BCUT2D eigenvalue weighted by Gasteiger charge is 2.08. The third-order valence-corrected chi connectivity index (χ3v) is 2.71. The van der Waals surface area contributed by atoms with Gasteiger partial charge in [0.2, 0.25) is 0 Å². The molecule has 0 bridgehead atoms. The summed E-state index contributed by atoms with van der Waals surface area (Å²) < 4.78 is 5.61. The van der Waals surface area contributed by atoms with Crippen LogP contribution in [0.15, 0.2) is 24.3 Å². The van der Waals surface area contributed by atoms with Crippen molar-refractivity contribution >= 4 is 5.78 Å². The molecule has 0 aromatic heterocycles. The van der Waals surface area contributed by atoms with E-state index in [-0.39, 0.29) is 5.78 Å². The number of ether oxygens (including phenoxy) is 1. The van der Waals surface area contributed by atoms with E-state index in [1.54, 1.807) is 0 Å². The molecule has 2 heteroatoms. The summed E-state index contributed by atoms with van der Waals surface area (Å²) in [5.74, 6) is 2.16. The average Bonchev–Trinajstić information content (AvgIpc) is 2.34. The van der Waals surface area contributed by atoms with Crippen LogP contribution in [0.3, 0.4) is 0 Å². The van der Waals surface area contributed by atoms with Crippen LogP contribution in [-0.2, 0) is 0 Å². The van der Waals surface area contributed by atoms with E-state index in [1.807, 2.05) is 38.1 Å². The van der Waals surface area contributed by atoms with Gasteiger partial charge < -0.3 is 4.74 Å². The van der Waals surface area contributed by atoms with Gasteiger partial charge in [-0.3, -0.25) is 4.79 Å². The van der Waals surface area contributed by atoms with Crippen molar-refractivity contribution in [1.29, 1.82) is 0 Å². The van der Waals surface area contributed by atoms with Crippen molar-refractivity contribution in [3.63, 3.8) is 0 Å². The third-order valence-electron chi connectivity index (χ3n) is 2.71. The second kappa shape index (κ2) is 7.91. The van der Waals surface area contributed by atoms with Gasteiger partial charge in [0.25, 0.3) is 0 Å². The molecule has 0 aliphatic carbocycles. The zero-order valence-corrected chi connectivity index (χ0v) is 11.7. The second-order valence-corrected chi connectivity index (χ2v) is 4.89. The molecule has 0 heterocycles. The van der Waals surface area contributed by atoms with Gasteiger partial charge in [-0.2, -0.15) is 0 Å². The minimum Gasteiger partial charge on any atom is -0.494 e. The smallest absolute Gasteiger partial charge is 0.163 e. The molecule has 0 N–H and O–H groups in total. The van der Waals surface area contributed by atoms with Crippen molar-refractivity contribution < 1.29 is 9.53 Å². The van der Waals surface area contributed by atoms with Crippen LogP contribution < -0.4 is 4.74 Å². The number of carbonyl (C=O) groups is 1. The lowest BCUT2D eigenvalue weighted by atomic mass is 10.0. The molecule has 1 aromatic rings. The highest BCUT2D eigenvalue weighted by Crippen LogP contribution is 2.16. The molecule has 18 heavy (non-hydrogen) atoms. The van der Waals surface area contributed by atoms with E-state index in [1.165, 1.54) is 12.8 Å². The predicted molar refractivity (Wildman–Crippen MR) is 75.0 cm³/mol. The first-order valence-electron chi connectivity index (χ1n) is 6.68. The zero-order valence-electron chi connectivity index (χ0n) is 11.7. The van der Waals surface area contributed by atoms with Crippen molar-refractivity contribution in [3.05, 3.63) is 35.7 Å². The molecule has 0 aliphatic heterocycles. The van der Waals surface area contributed by atoms with Crippen molar-refractivity contribution in [2.45, 2.75) is 46.5 Å². The summed E-state index contributed by atoms with van der Waals surface area (Å²) in [6, 6.07) is 7.45. The van der Waals surface area contributed by atoms with E-state index >= 15 is 0 Å². The van der Waals surface area contributed by atoms with Crippen LogP contribution in [0.25, 0.3) is 0 Å². The standard InChI is InChI=1S/C16H23O2/c1-4-5-6-11-18-15-9-7-14(8-10-15)16(17)12-13(2)3/h7-10H,4-6,11-12H2,1-3H3. The summed E-state index contributed by atoms with van der Waals surface area (Å²) in [5, 5.41) is 0. The van der Waals surface area contributed by atoms with Gasteiger partial charge >= 0.3 is 0 Å². The topological polar surface area (TPSA) is 26.3 Å². The lowest BCUT2D eigenvalue weighted by molar-refractivity contribution is 0.0987. The van der Waals surface area contributed by atoms with Gasteiger partial charge in [-0.1, -0.05) is 33.6 Å². The van der Waals surface area contributed by atoms with E-state index in [4.69, 9.17) is 4.74 Å². The first kappa shape index (κ1) is 14.7. The third kappa shape index (κ3) is 5.35. The molecule has 0 aliphatic rings. The minimum atomic E-state index is 0.174. The Labute approximate surface area is 110 Å². The van der Waals surface area contributed by atoms with Gasteiger partial charge in [0, 0.05) is 12.0 Å². The van der Waals surface area contributed by atoms with E-state index in [9.17, 15) is 4.79 Å². The Morgan fingerprint density at radius 3 is 2.33 bits per heavy atom. The summed E-state index contributed by atoms with van der Waals surface area (Å²) in [7, 11) is 0. The van der Waals surface area contributed by atoms with E-state index in [2.05, 4.69) is 6.92 Å². The Balaban J connectivity index is 2.44. The Kier molecular flexibility index (Phi) is 6.48. The van der Waals surface area contributed by atoms with Gasteiger partial charge in [-0.25, -0.2) is 0 Å². The number of carbonyl (C=O) groups excluding carboxylic acids is 1. The average molecular weight is 247 g/mol. The molecule has 0 saturated carbocycles. The molecule has 0 atom stereocenters. The lowest BCUT2D eigenvalue weighted by Gasteiger charge is -2.07. The summed E-state index contributed by atoms with van der Waals surface area (Å²) in [4.78, 5) is 11.8. The van der Waals surface area contributed by atoms with Gasteiger partial charge in [0.1, 0.15) is 5.75 Å². The second-order valence-electron chi connectivity index (χ2n) is 4.89. The van der Waals surface area contributed by atoms with Crippen LogP contribution in [0, 0.1) is 5.92 Å². The van der Waals surface area contributed by atoms with Crippen molar-refractivity contribution in [2.24, 2.45) is 0 Å². The predicted octanol–water partition coefficient (Wildman–Crippen LogP) is 4.44. The Bertz CT molecular complexity index is 352. The molecule has 0 fully saturated rings. The van der Waals surface area contributed by atoms with Crippen LogP contribution >= 0.6 is 0 Å². The molecular formula is C16H23O2. The maximum Gasteiger partial charge on any atom is 0.163 e. The highest BCUT2D eigenvalue weighted by atomic mass is 16.5. The summed E-state index contributed by atoms with van der Waals surface area (Å²) >= 11 is 0. The first-order valence-corrected chi connectivity index (χ1v) is 6.68. The van der Waals surface area contributed by atoms with E-state index in [0.29, 0.717) is 6.42 Å². The van der Waals surface area contributed by atoms with Crippen LogP contribution in [0.4, 0.5) is 0 Å². The number of Topliss-reactive ketones (excluding diaryl/α,β-unsaturated/α-hetero) is 1. The molecule has 99 valence electrons. The van der Waals surface area contributed by atoms with Crippen molar-refractivity contribution in [1.82, 2.24) is 0 Å². The number of unbranched alkanes of at least 4 members (excludes halogenated alkanes) is 2. The fourth-order valence-corrected chi connectivity index (χ4v) is 1.70. The Morgan fingerprint density at radius 2 is 1.78 bits per heavy atom. The van der Waals surface area contributed by atoms with E-state index < -0.39 is 0 Å². The van der Waals surface area contributed by atoms with Gasteiger partial charge in [0.15, 0.2) is 5.78 Å². The van der Waals surface area contributed by atoms with Crippen LogP contribution in [0.5, 0.6) is 5.75 Å². The lowest BCUT2D eigenvalue weighted by Crippen LogP contribution is -2.02.